The lowest BCUT2D eigenvalue weighted by Gasteiger charge is -2.07. The Morgan fingerprint density at radius 3 is 2.90 bits per heavy atom. The summed E-state index contributed by atoms with van der Waals surface area (Å²) >= 11 is 3.05. The smallest absolute Gasteiger partial charge is 0.328 e. The average molecular weight is 338 g/mol. The predicted octanol–water partition coefficient (Wildman–Crippen LogP) is 3.87. The van der Waals surface area contributed by atoms with Gasteiger partial charge in [0, 0.05) is 23.9 Å². The molecule has 2 rings (SSSR count). The molecule has 102 valence electrons. The number of rotatable bonds is 4. The second-order valence-electron chi connectivity index (χ2n) is 3.75. The number of benzene rings is 1. The predicted molar refractivity (Wildman–Crippen MR) is 75.1 cm³/mol. The van der Waals surface area contributed by atoms with Crippen LogP contribution in [-0.4, -0.2) is 16.1 Å². The van der Waals surface area contributed by atoms with Gasteiger partial charge < -0.3 is 9.84 Å². The summed E-state index contributed by atoms with van der Waals surface area (Å²) in [6.07, 6.45) is 3.84. The lowest BCUT2D eigenvalue weighted by atomic mass is 10.2. The topological polar surface area (TPSA) is 59.4 Å². The van der Waals surface area contributed by atoms with Crippen molar-refractivity contribution in [3.63, 3.8) is 0 Å². The molecule has 1 N–H and O–H groups in total. The molecule has 1 heterocycles. The lowest BCUT2D eigenvalue weighted by Crippen LogP contribution is -1.92. The Bertz CT molecular complexity index is 673. The Morgan fingerprint density at radius 1 is 1.40 bits per heavy atom. The van der Waals surface area contributed by atoms with Crippen LogP contribution in [0.3, 0.4) is 0 Å². The van der Waals surface area contributed by atoms with Gasteiger partial charge in [-0.15, -0.1) is 0 Å². The number of halogens is 2. The second-order valence-corrected chi connectivity index (χ2v) is 4.60. The van der Waals surface area contributed by atoms with Gasteiger partial charge in [-0.25, -0.2) is 14.2 Å². The van der Waals surface area contributed by atoms with E-state index in [1.54, 1.807) is 18.2 Å². The van der Waals surface area contributed by atoms with Gasteiger partial charge in [0.2, 0.25) is 5.88 Å². The zero-order valence-electron chi connectivity index (χ0n) is 10.1. The minimum absolute atomic E-state index is 0.201. The summed E-state index contributed by atoms with van der Waals surface area (Å²) in [5.74, 6) is -1.06. The molecular formula is C14H9BrFNO3. The van der Waals surface area contributed by atoms with Crippen molar-refractivity contribution >= 4 is 28.0 Å². The third-order valence-corrected chi connectivity index (χ3v) is 2.95. The van der Waals surface area contributed by atoms with Crippen molar-refractivity contribution in [2.45, 2.75) is 0 Å². The molecule has 4 nitrogen and oxygen atoms in total. The van der Waals surface area contributed by atoms with E-state index in [1.165, 1.54) is 24.4 Å². The van der Waals surface area contributed by atoms with Gasteiger partial charge >= 0.3 is 5.97 Å². The monoisotopic (exact) mass is 337 g/mol. The summed E-state index contributed by atoms with van der Waals surface area (Å²) in [4.78, 5) is 14.5. The Labute approximate surface area is 122 Å². The number of ether oxygens (including phenoxy) is 1. The van der Waals surface area contributed by atoms with E-state index in [4.69, 9.17) is 9.84 Å². The van der Waals surface area contributed by atoms with E-state index in [0.717, 1.165) is 6.08 Å². The van der Waals surface area contributed by atoms with Gasteiger partial charge in [-0.3, -0.25) is 0 Å². The molecule has 2 aromatic rings. The minimum atomic E-state index is -1.07. The first-order valence-electron chi connectivity index (χ1n) is 5.55. The van der Waals surface area contributed by atoms with E-state index in [1.807, 2.05) is 0 Å². The van der Waals surface area contributed by atoms with E-state index in [0.29, 0.717) is 10.0 Å². The molecule has 1 aromatic carbocycles. The third kappa shape index (κ3) is 3.64. The highest BCUT2D eigenvalue weighted by Gasteiger charge is 2.06. The van der Waals surface area contributed by atoms with Crippen LogP contribution in [0.2, 0.25) is 0 Å². The van der Waals surface area contributed by atoms with E-state index < -0.39 is 11.8 Å². The minimum Gasteiger partial charge on any atom is -0.478 e. The van der Waals surface area contributed by atoms with Gasteiger partial charge in [0.05, 0.1) is 4.47 Å². The van der Waals surface area contributed by atoms with Crippen molar-refractivity contribution in [1.29, 1.82) is 0 Å². The summed E-state index contributed by atoms with van der Waals surface area (Å²) in [5, 5.41) is 8.62. The first-order chi connectivity index (χ1) is 9.56. The van der Waals surface area contributed by atoms with E-state index >= 15 is 0 Å². The number of nitrogens with zero attached hydrogens (tertiary/aromatic N) is 1. The molecule has 0 spiro atoms. The van der Waals surface area contributed by atoms with Crippen LogP contribution in [0.5, 0.6) is 11.6 Å². The molecule has 0 saturated heterocycles. The quantitative estimate of drug-likeness (QED) is 0.860. The Kier molecular flexibility index (Phi) is 4.47. The third-order valence-electron chi connectivity index (χ3n) is 2.31. The molecule has 0 fully saturated rings. The second kappa shape index (κ2) is 6.29. The number of hydrogen-bond donors (Lipinski definition) is 1. The zero-order chi connectivity index (χ0) is 14.5. The number of hydrogen-bond acceptors (Lipinski definition) is 3. The van der Waals surface area contributed by atoms with Crippen molar-refractivity contribution in [2.24, 2.45) is 0 Å². The molecule has 0 amide bonds. The van der Waals surface area contributed by atoms with E-state index in [-0.39, 0.29) is 11.6 Å². The Morgan fingerprint density at radius 2 is 2.20 bits per heavy atom. The maximum atomic E-state index is 13.4. The molecule has 0 aliphatic heterocycles. The number of carboxylic acids is 1. The number of pyridine rings is 1. The molecule has 0 aliphatic carbocycles. The average Bonchev–Trinajstić information content (AvgIpc) is 2.42. The van der Waals surface area contributed by atoms with Crippen LogP contribution in [-0.2, 0) is 4.79 Å². The largest absolute Gasteiger partial charge is 0.478 e. The maximum absolute atomic E-state index is 13.4. The van der Waals surface area contributed by atoms with Crippen LogP contribution in [0, 0.1) is 5.82 Å². The highest BCUT2D eigenvalue weighted by Crippen LogP contribution is 2.27. The highest BCUT2D eigenvalue weighted by atomic mass is 79.9. The lowest BCUT2D eigenvalue weighted by molar-refractivity contribution is -0.131. The van der Waals surface area contributed by atoms with Gasteiger partial charge in [0.25, 0.3) is 0 Å². The van der Waals surface area contributed by atoms with Gasteiger partial charge in [-0.05, 0) is 46.3 Å². The first-order valence-corrected chi connectivity index (χ1v) is 6.34. The van der Waals surface area contributed by atoms with Gasteiger partial charge in [-0.1, -0.05) is 0 Å². The first kappa shape index (κ1) is 14.2. The maximum Gasteiger partial charge on any atom is 0.328 e. The number of aliphatic carboxylic acids is 1. The van der Waals surface area contributed by atoms with Crippen LogP contribution in [0.15, 0.2) is 47.1 Å². The fourth-order valence-corrected chi connectivity index (χ4v) is 1.68. The molecule has 1 aromatic heterocycles. The van der Waals surface area contributed by atoms with Gasteiger partial charge in [0.1, 0.15) is 11.6 Å². The normalized spacial score (nSPS) is 10.7. The fourth-order valence-electron chi connectivity index (χ4n) is 1.43. The standard InChI is InChI=1S/C14H9BrFNO3/c15-11-5-4-10(8-12(11)16)20-14-9(2-1-7-17-14)3-6-13(18)19/h1-8H,(H,18,19)/b6-3+. The molecule has 0 atom stereocenters. The van der Waals surface area contributed by atoms with Crippen LogP contribution >= 0.6 is 15.9 Å². The number of carboxylic acid groups (broad SMARTS) is 1. The van der Waals surface area contributed by atoms with Crippen LogP contribution in [0.25, 0.3) is 6.08 Å². The van der Waals surface area contributed by atoms with Gasteiger partial charge in [-0.2, -0.15) is 0 Å². The molecule has 6 heteroatoms. The number of aromatic nitrogens is 1. The molecule has 0 aliphatic rings. The number of carbonyl (C=O) groups is 1. The van der Waals surface area contributed by atoms with Crippen LogP contribution in [0.4, 0.5) is 4.39 Å². The molecule has 0 saturated carbocycles. The van der Waals surface area contributed by atoms with E-state index in [2.05, 4.69) is 20.9 Å². The Balaban J connectivity index is 2.29. The fraction of sp³-hybridized carbons (Fsp3) is 0. The SMILES string of the molecule is O=C(O)/C=C/c1cccnc1Oc1ccc(Br)c(F)c1. The van der Waals surface area contributed by atoms with Crippen molar-refractivity contribution in [3.8, 4) is 11.6 Å². The summed E-state index contributed by atoms with van der Waals surface area (Å²) in [7, 11) is 0. The molecule has 0 bridgehead atoms. The Hall–Kier alpha value is -2.21. The summed E-state index contributed by atoms with van der Waals surface area (Å²) < 4.78 is 19.2. The molecule has 20 heavy (non-hydrogen) atoms. The zero-order valence-corrected chi connectivity index (χ0v) is 11.7. The van der Waals surface area contributed by atoms with Crippen LogP contribution in [0.1, 0.15) is 5.56 Å². The molecular weight excluding hydrogens is 329 g/mol. The summed E-state index contributed by atoms with van der Waals surface area (Å²) in [6.45, 7) is 0. The van der Waals surface area contributed by atoms with Crippen molar-refractivity contribution < 1.29 is 19.0 Å². The van der Waals surface area contributed by atoms with Crippen molar-refractivity contribution in [3.05, 3.63) is 58.5 Å². The van der Waals surface area contributed by atoms with Gasteiger partial charge in [0.15, 0.2) is 0 Å². The highest BCUT2D eigenvalue weighted by molar-refractivity contribution is 9.10. The summed E-state index contributed by atoms with van der Waals surface area (Å²) in [5.41, 5.74) is 0.484. The van der Waals surface area contributed by atoms with Crippen molar-refractivity contribution in [1.82, 2.24) is 4.98 Å². The molecule has 0 radical (unpaired) electrons. The summed E-state index contributed by atoms with van der Waals surface area (Å²) in [6, 6.07) is 7.60. The van der Waals surface area contributed by atoms with Crippen LogP contribution < -0.4 is 4.74 Å². The van der Waals surface area contributed by atoms with Crippen molar-refractivity contribution in [2.75, 3.05) is 0 Å². The van der Waals surface area contributed by atoms with E-state index in [9.17, 15) is 9.18 Å². The molecule has 0 unspecified atom stereocenters.